The van der Waals surface area contributed by atoms with Crippen molar-refractivity contribution in [2.75, 3.05) is 0 Å². The highest BCUT2D eigenvalue weighted by Crippen LogP contribution is 2.24. The molecule has 6 heteroatoms. The van der Waals surface area contributed by atoms with Gasteiger partial charge in [0.15, 0.2) is 0 Å². The number of halogens is 1. The Morgan fingerprint density at radius 3 is 2.50 bits per heavy atom. The van der Waals surface area contributed by atoms with Crippen LogP contribution in [0.1, 0.15) is 37.7 Å². The molecule has 2 N–H and O–H groups in total. The molecule has 0 amide bonds. The van der Waals surface area contributed by atoms with E-state index in [1.807, 2.05) is 0 Å². The van der Waals surface area contributed by atoms with E-state index in [4.69, 9.17) is 0 Å². The maximum absolute atomic E-state index is 13.8. The fraction of sp³-hybridized carbons (Fsp3) is 0.571. The zero-order valence-electron chi connectivity index (χ0n) is 11.2. The molecule has 0 radical (unpaired) electrons. The van der Waals surface area contributed by atoms with Crippen molar-refractivity contribution in [3.63, 3.8) is 0 Å². The van der Waals surface area contributed by atoms with Gasteiger partial charge in [0.05, 0.1) is 0 Å². The van der Waals surface area contributed by atoms with Crippen LogP contribution in [0, 0.1) is 5.82 Å². The van der Waals surface area contributed by atoms with Gasteiger partial charge in [0.1, 0.15) is 10.7 Å². The van der Waals surface area contributed by atoms with Gasteiger partial charge in [-0.3, -0.25) is 0 Å². The van der Waals surface area contributed by atoms with Crippen LogP contribution >= 0.6 is 0 Å². The molecule has 2 aliphatic carbocycles. The van der Waals surface area contributed by atoms with Gasteiger partial charge in [-0.05, 0) is 43.4 Å². The quantitative estimate of drug-likeness (QED) is 0.843. The predicted octanol–water partition coefficient (Wildman–Crippen LogP) is 1.91. The molecule has 1 aromatic carbocycles. The van der Waals surface area contributed by atoms with Gasteiger partial charge in [-0.2, -0.15) is 0 Å². The number of rotatable bonds is 6. The third kappa shape index (κ3) is 3.19. The summed E-state index contributed by atoms with van der Waals surface area (Å²) in [7, 11) is -3.75. The second-order valence-corrected chi connectivity index (χ2v) is 7.35. The van der Waals surface area contributed by atoms with Crippen molar-refractivity contribution in [3.05, 3.63) is 29.6 Å². The zero-order chi connectivity index (χ0) is 14.2. The lowest BCUT2D eigenvalue weighted by Crippen LogP contribution is -2.39. The topological polar surface area (TPSA) is 58.2 Å². The van der Waals surface area contributed by atoms with Crippen LogP contribution in [0.3, 0.4) is 0 Å². The first kappa shape index (κ1) is 14.0. The molecule has 0 unspecified atom stereocenters. The molecule has 0 bridgehead atoms. The molecular weight excluding hydrogens is 279 g/mol. The summed E-state index contributed by atoms with van der Waals surface area (Å²) < 4.78 is 40.8. The van der Waals surface area contributed by atoms with Gasteiger partial charge in [-0.25, -0.2) is 17.5 Å². The Balaban J connectivity index is 1.76. The molecule has 0 heterocycles. The number of hydrogen-bond donors (Lipinski definition) is 2. The summed E-state index contributed by atoms with van der Waals surface area (Å²) in [5.41, 5.74) is 0.798. The van der Waals surface area contributed by atoms with Crippen LogP contribution in [0.15, 0.2) is 23.1 Å². The van der Waals surface area contributed by atoms with E-state index in [1.54, 1.807) is 6.07 Å². The molecule has 0 saturated heterocycles. The average Bonchev–Trinajstić information content (AvgIpc) is 3.17. The average molecular weight is 298 g/mol. The second kappa shape index (κ2) is 5.42. The maximum atomic E-state index is 13.8. The van der Waals surface area contributed by atoms with Gasteiger partial charge in [0.2, 0.25) is 10.0 Å². The van der Waals surface area contributed by atoms with Crippen molar-refractivity contribution in [1.82, 2.24) is 10.0 Å². The Hall–Kier alpha value is -0.980. The van der Waals surface area contributed by atoms with E-state index >= 15 is 0 Å². The third-order valence-electron chi connectivity index (χ3n) is 3.88. The Morgan fingerprint density at radius 2 is 1.90 bits per heavy atom. The minimum absolute atomic E-state index is 0.0346. The molecule has 4 nitrogen and oxygen atoms in total. The van der Waals surface area contributed by atoms with Crippen LogP contribution < -0.4 is 10.0 Å². The van der Waals surface area contributed by atoms with Crippen molar-refractivity contribution >= 4 is 10.0 Å². The SMILES string of the molecule is O=S(=O)(NC1CCC1)c1cc(CNC2CC2)ccc1F. The predicted molar refractivity (Wildman–Crippen MR) is 74.2 cm³/mol. The standard InChI is InChI=1S/C14H19FN2O2S/c15-13-7-4-10(9-16-11-5-6-11)8-14(13)20(18,19)17-12-2-1-3-12/h4,7-8,11-12,16-17H,1-3,5-6,9H2. The summed E-state index contributed by atoms with van der Waals surface area (Å²) in [4.78, 5) is -0.237. The van der Waals surface area contributed by atoms with Gasteiger partial charge in [-0.1, -0.05) is 12.5 Å². The lowest BCUT2D eigenvalue weighted by molar-refractivity contribution is 0.382. The molecule has 2 saturated carbocycles. The summed E-state index contributed by atoms with van der Waals surface area (Å²) in [6, 6.07) is 4.80. The Bertz CT molecular complexity index is 595. The van der Waals surface area contributed by atoms with E-state index in [-0.39, 0.29) is 10.9 Å². The van der Waals surface area contributed by atoms with E-state index in [9.17, 15) is 12.8 Å². The first-order chi connectivity index (χ1) is 9.54. The van der Waals surface area contributed by atoms with Crippen LogP contribution in [0.25, 0.3) is 0 Å². The molecule has 0 spiro atoms. The first-order valence-electron chi connectivity index (χ1n) is 7.09. The highest BCUT2D eigenvalue weighted by atomic mass is 32.2. The van der Waals surface area contributed by atoms with E-state index in [0.29, 0.717) is 12.6 Å². The van der Waals surface area contributed by atoms with E-state index < -0.39 is 15.8 Å². The fourth-order valence-electron chi connectivity index (χ4n) is 2.22. The van der Waals surface area contributed by atoms with Crippen molar-refractivity contribution in [2.24, 2.45) is 0 Å². The van der Waals surface area contributed by atoms with Gasteiger partial charge in [0, 0.05) is 18.6 Å². The normalized spacial score (nSPS) is 19.9. The molecule has 2 fully saturated rings. The molecular formula is C14H19FN2O2S. The van der Waals surface area contributed by atoms with E-state index in [2.05, 4.69) is 10.0 Å². The molecule has 0 atom stereocenters. The lowest BCUT2D eigenvalue weighted by atomic mass is 9.94. The molecule has 0 aliphatic heterocycles. The van der Waals surface area contributed by atoms with Crippen LogP contribution in [-0.4, -0.2) is 20.5 Å². The number of sulfonamides is 1. The van der Waals surface area contributed by atoms with Crippen molar-refractivity contribution in [3.8, 4) is 0 Å². The molecule has 2 aliphatic rings. The van der Waals surface area contributed by atoms with E-state index in [1.165, 1.54) is 12.1 Å². The molecule has 20 heavy (non-hydrogen) atoms. The van der Waals surface area contributed by atoms with Crippen LogP contribution in [0.2, 0.25) is 0 Å². The summed E-state index contributed by atoms with van der Waals surface area (Å²) in [5, 5.41) is 3.30. The molecule has 110 valence electrons. The first-order valence-corrected chi connectivity index (χ1v) is 8.57. The van der Waals surface area contributed by atoms with Crippen LogP contribution in [-0.2, 0) is 16.6 Å². The lowest BCUT2D eigenvalue weighted by Gasteiger charge is -2.26. The van der Waals surface area contributed by atoms with Gasteiger partial charge >= 0.3 is 0 Å². The summed E-state index contributed by atoms with van der Waals surface area (Å²) >= 11 is 0. The largest absolute Gasteiger partial charge is 0.310 e. The third-order valence-corrected chi connectivity index (χ3v) is 5.42. The van der Waals surface area contributed by atoms with E-state index in [0.717, 1.165) is 37.7 Å². The Labute approximate surface area is 118 Å². The highest BCUT2D eigenvalue weighted by molar-refractivity contribution is 7.89. The molecule has 1 aromatic rings. The summed E-state index contributed by atoms with van der Waals surface area (Å²) in [6.07, 6.45) is 5.03. The minimum atomic E-state index is -3.75. The number of nitrogens with one attached hydrogen (secondary N) is 2. The van der Waals surface area contributed by atoms with Crippen molar-refractivity contribution in [2.45, 2.75) is 55.6 Å². The van der Waals surface area contributed by atoms with Crippen molar-refractivity contribution in [1.29, 1.82) is 0 Å². The van der Waals surface area contributed by atoms with Gasteiger partial charge in [-0.15, -0.1) is 0 Å². The summed E-state index contributed by atoms with van der Waals surface area (Å²) in [6.45, 7) is 0.580. The second-order valence-electron chi connectivity index (χ2n) is 5.67. The Kier molecular flexibility index (Phi) is 3.79. The van der Waals surface area contributed by atoms with Crippen molar-refractivity contribution < 1.29 is 12.8 Å². The minimum Gasteiger partial charge on any atom is -0.310 e. The smallest absolute Gasteiger partial charge is 0.243 e. The van der Waals surface area contributed by atoms with Gasteiger partial charge < -0.3 is 5.32 Å². The zero-order valence-corrected chi connectivity index (χ0v) is 12.0. The highest BCUT2D eigenvalue weighted by Gasteiger charge is 2.27. The monoisotopic (exact) mass is 298 g/mol. The Morgan fingerprint density at radius 1 is 1.15 bits per heavy atom. The fourth-order valence-corrected chi connectivity index (χ4v) is 3.66. The maximum Gasteiger partial charge on any atom is 0.243 e. The van der Waals surface area contributed by atoms with Gasteiger partial charge in [0.25, 0.3) is 0 Å². The van der Waals surface area contributed by atoms with Crippen LogP contribution in [0.4, 0.5) is 4.39 Å². The molecule has 0 aromatic heterocycles. The number of hydrogen-bond acceptors (Lipinski definition) is 3. The summed E-state index contributed by atoms with van der Waals surface area (Å²) in [5.74, 6) is -0.688. The number of benzene rings is 1. The van der Waals surface area contributed by atoms with Crippen LogP contribution in [0.5, 0.6) is 0 Å². The molecule has 3 rings (SSSR count).